The molecule has 3 heteroatoms. The van der Waals surface area contributed by atoms with Crippen LogP contribution in [0.3, 0.4) is 0 Å². The number of pyridine rings is 1. The zero-order valence-electron chi connectivity index (χ0n) is 11.5. The van der Waals surface area contributed by atoms with Crippen LogP contribution in [0.5, 0.6) is 0 Å². The van der Waals surface area contributed by atoms with E-state index in [0.717, 1.165) is 19.4 Å². The lowest BCUT2D eigenvalue weighted by molar-refractivity contribution is 0.320. The molecule has 0 amide bonds. The Morgan fingerprint density at radius 3 is 2.67 bits per heavy atom. The Bertz CT molecular complexity index is 353. The summed E-state index contributed by atoms with van der Waals surface area (Å²) in [5.74, 6) is 0. The number of aromatic nitrogens is 1. The zero-order valence-corrected chi connectivity index (χ0v) is 11.5. The molecule has 0 radical (unpaired) electrons. The molecule has 1 heterocycles. The van der Waals surface area contributed by atoms with Crippen LogP contribution in [-0.2, 0) is 5.41 Å². The third-order valence-electron chi connectivity index (χ3n) is 4.05. The molecule has 1 aliphatic carbocycles. The smallest absolute Gasteiger partial charge is 0.0305 e. The minimum Gasteiger partial charge on any atom is -0.328 e. The Hall–Kier alpha value is -0.930. The molecular weight excluding hydrogens is 222 g/mol. The molecule has 2 rings (SSSR count). The van der Waals surface area contributed by atoms with E-state index in [1.165, 1.54) is 18.4 Å². The van der Waals surface area contributed by atoms with Gasteiger partial charge >= 0.3 is 0 Å². The van der Waals surface area contributed by atoms with Crippen molar-refractivity contribution in [3.05, 3.63) is 30.1 Å². The summed E-state index contributed by atoms with van der Waals surface area (Å²) in [6.07, 6.45) is 8.54. The fraction of sp³-hybridized carbons (Fsp3) is 0.667. The molecule has 3 nitrogen and oxygen atoms in total. The Kier molecular flexibility index (Phi) is 4.36. The van der Waals surface area contributed by atoms with Gasteiger partial charge in [-0.1, -0.05) is 19.9 Å². The first-order chi connectivity index (χ1) is 8.58. The van der Waals surface area contributed by atoms with Crippen molar-refractivity contribution in [1.82, 2.24) is 10.3 Å². The quantitative estimate of drug-likeness (QED) is 0.857. The van der Waals surface area contributed by atoms with Crippen molar-refractivity contribution < 1.29 is 0 Å². The summed E-state index contributed by atoms with van der Waals surface area (Å²) in [6, 6.07) is 5.23. The highest BCUT2D eigenvalue weighted by atomic mass is 14.9. The second kappa shape index (κ2) is 5.81. The van der Waals surface area contributed by atoms with Crippen LogP contribution in [0.2, 0.25) is 0 Å². The maximum absolute atomic E-state index is 5.93. The largest absolute Gasteiger partial charge is 0.328 e. The van der Waals surface area contributed by atoms with Crippen LogP contribution in [0.4, 0.5) is 0 Å². The van der Waals surface area contributed by atoms with Gasteiger partial charge in [0.2, 0.25) is 0 Å². The first-order valence-electron chi connectivity index (χ1n) is 6.97. The molecule has 3 N–H and O–H groups in total. The SMILES string of the molecule is CC(C)(CNC1CCC(N)CC1)c1cccnc1. The molecule has 1 fully saturated rings. The maximum Gasteiger partial charge on any atom is 0.0305 e. The van der Waals surface area contributed by atoms with Crippen LogP contribution in [0, 0.1) is 0 Å². The van der Waals surface area contributed by atoms with Gasteiger partial charge in [-0.25, -0.2) is 0 Å². The number of nitrogens with zero attached hydrogens (tertiary/aromatic N) is 1. The molecule has 0 aromatic carbocycles. The summed E-state index contributed by atoms with van der Waals surface area (Å²) in [6.45, 7) is 5.54. The summed E-state index contributed by atoms with van der Waals surface area (Å²) < 4.78 is 0. The third kappa shape index (κ3) is 3.53. The number of nitrogens with one attached hydrogen (secondary N) is 1. The molecule has 0 atom stereocenters. The highest BCUT2D eigenvalue weighted by molar-refractivity contribution is 5.20. The van der Waals surface area contributed by atoms with Crippen molar-refractivity contribution in [2.75, 3.05) is 6.54 Å². The molecule has 0 aliphatic heterocycles. The van der Waals surface area contributed by atoms with Gasteiger partial charge in [-0.2, -0.15) is 0 Å². The van der Waals surface area contributed by atoms with Gasteiger partial charge in [0.25, 0.3) is 0 Å². The summed E-state index contributed by atoms with van der Waals surface area (Å²) in [5, 5.41) is 3.70. The van der Waals surface area contributed by atoms with Gasteiger partial charge in [0.1, 0.15) is 0 Å². The van der Waals surface area contributed by atoms with Crippen LogP contribution in [0.15, 0.2) is 24.5 Å². The van der Waals surface area contributed by atoms with Crippen molar-refractivity contribution in [1.29, 1.82) is 0 Å². The number of hydrogen-bond donors (Lipinski definition) is 2. The van der Waals surface area contributed by atoms with Gasteiger partial charge in [0.05, 0.1) is 0 Å². The van der Waals surface area contributed by atoms with E-state index in [-0.39, 0.29) is 5.41 Å². The van der Waals surface area contributed by atoms with Crippen molar-refractivity contribution in [3.8, 4) is 0 Å². The molecule has 0 unspecified atom stereocenters. The second-order valence-electron chi connectivity index (χ2n) is 6.12. The monoisotopic (exact) mass is 247 g/mol. The number of hydrogen-bond acceptors (Lipinski definition) is 3. The topological polar surface area (TPSA) is 50.9 Å². The highest BCUT2D eigenvalue weighted by Gasteiger charge is 2.24. The predicted molar refractivity (Wildman–Crippen MR) is 75.5 cm³/mol. The Morgan fingerprint density at radius 2 is 2.06 bits per heavy atom. The maximum atomic E-state index is 5.93. The van der Waals surface area contributed by atoms with Crippen molar-refractivity contribution in [2.24, 2.45) is 5.73 Å². The molecule has 1 aliphatic rings. The lowest BCUT2D eigenvalue weighted by atomic mass is 9.84. The number of rotatable bonds is 4. The van der Waals surface area contributed by atoms with Crippen molar-refractivity contribution >= 4 is 0 Å². The van der Waals surface area contributed by atoms with E-state index in [9.17, 15) is 0 Å². The number of nitrogens with two attached hydrogens (primary N) is 1. The lowest BCUT2D eigenvalue weighted by Crippen LogP contribution is -2.42. The van der Waals surface area contributed by atoms with Gasteiger partial charge < -0.3 is 11.1 Å². The van der Waals surface area contributed by atoms with Gasteiger partial charge in [0, 0.05) is 36.4 Å². The van der Waals surface area contributed by atoms with Crippen LogP contribution in [0.25, 0.3) is 0 Å². The molecule has 1 saturated carbocycles. The summed E-state index contributed by atoms with van der Waals surface area (Å²) in [5.41, 5.74) is 7.36. The molecular formula is C15H25N3. The Labute approximate surface area is 110 Å². The summed E-state index contributed by atoms with van der Waals surface area (Å²) >= 11 is 0. The van der Waals surface area contributed by atoms with Gasteiger partial charge in [-0.15, -0.1) is 0 Å². The fourth-order valence-corrected chi connectivity index (χ4v) is 2.59. The van der Waals surface area contributed by atoms with Crippen LogP contribution >= 0.6 is 0 Å². The van der Waals surface area contributed by atoms with E-state index in [4.69, 9.17) is 5.73 Å². The normalized spacial score (nSPS) is 25.1. The Balaban J connectivity index is 1.86. The highest BCUT2D eigenvalue weighted by Crippen LogP contribution is 2.23. The second-order valence-corrected chi connectivity index (χ2v) is 6.12. The molecule has 1 aromatic rings. The molecule has 0 spiro atoms. The van der Waals surface area contributed by atoms with E-state index in [2.05, 4.69) is 30.2 Å². The van der Waals surface area contributed by atoms with E-state index >= 15 is 0 Å². The van der Waals surface area contributed by atoms with Gasteiger partial charge in [-0.05, 0) is 37.3 Å². The summed E-state index contributed by atoms with van der Waals surface area (Å²) in [7, 11) is 0. The fourth-order valence-electron chi connectivity index (χ4n) is 2.59. The van der Waals surface area contributed by atoms with Crippen molar-refractivity contribution in [2.45, 2.75) is 57.0 Å². The molecule has 0 saturated heterocycles. The minimum atomic E-state index is 0.133. The molecule has 18 heavy (non-hydrogen) atoms. The van der Waals surface area contributed by atoms with E-state index in [0.29, 0.717) is 12.1 Å². The van der Waals surface area contributed by atoms with Crippen LogP contribution in [-0.4, -0.2) is 23.6 Å². The predicted octanol–water partition coefficient (Wildman–Crippen LogP) is 2.22. The van der Waals surface area contributed by atoms with Crippen LogP contribution < -0.4 is 11.1 Å². The lowest BCUT2D eigenvalue weighted by Gasteiger charge is -2.32. The van der Waals surface area contributed by atoms with Crippen LogP contribution in [0.1, 0.15) is 45.1 Å². The zero-order chi connectivity index (χ0) is 13.0. The average Bonchev–Trinajstić information content (AvgIpc) is 2.39. The first kappa shape index (κ1) is 13.5. The van der Waals surface area contributed by atoms with E-state index in [1.54, 1.807) is 0 Å². The molecule has 0 bridgehead atoms. The van der Waals surface area contributed by atoms with E-state index < -0.39 is 0 Å². The summed E-state index contributed by atoms with van der Waals surface area (Å²) in [4.78, 5) is 4.21. The van der Waals surface area contributed by atoms with Crippen molar-refractivity contribution in [3.63, 3.8) is 0 Å². The van der Waals surface area contributed by atoms with Gasteiger partial charge in [0.15, 0.2) is 0 Å². The average molecular weight is 247 g/mol. The van der Waals surface area contributed by atoms with Gasteiger partial charge in [-0.3, -0.25) is 4.98 Å². The molecule has 100 valence electrons. The minimum absolute atomic E-state index is 0.133. The Morgan fingerprint density at radius 1 is 1.33 bits per heavy atom. The third-order valence-corrected chi connectivity index (χ3v) is 4.05. The first-order valence-corrected chi connectivity index (χ1v) is 6.97. The molecule has 1 aromatic heterocycles. The van der Waals surface area contributed by atoms with E-state index in [1.807, 2.05) is 18.5 Å². The standard InChI is InChI=1S/C15H25N3/c1-15(2,12-4-3-9-17-10-12)11-18-14-7-5-13(16)6-8-14/h3-4,9-10,13-14,18H,5-8,11,16H2,1-2H3.